The Bertz CT molecular complexity index is 8.00. The maximum absolute atomic E-state index is 2.14. The maximum atomic E-state index is 2.14. The van der Waals surface area contributed by atoms with Crippen LogP contribution in [-0.4, -0.2) is 17.6 Å². The zero-order valence-electron chi connectivity index (χ0n) is 2.88. The van der Waals surface area contributed by atoms with Crippen molar-refractivity contribution in [3.63, 3.8) is 0 Å². The van der Waals surface area contributed by atoms with E-state index < -0.39 is 0 Å². The summed E-state index contributed by atoms with van der Waals surface area (Å²) < 4.78 is 0. The van der Waals surface area contributed by atoms with Crippen molar-refractivity contribution in [2.24, 2.45) is 0 Å². The normalized spacial score (nSPS) is 2.00. The Balaban J connectivity index is -0.00000000500. The van der Waals surface area contributed by atoms with Crippen molar-refractivity contribution in [3.8, 4) is 0 Å². The summed E-state index contributed by atoms with van der Waals surface area (Å²) in [5.41, 5.74) is 0. The van der Waals surface area contributed by atoms with Gasteiger partial charge in [-0.05, 0) is 10.1 Å². The molecule has 0 unspecified atom stereocenters. The van der Waals surface area contributed by atoms with Crippen molar-refractivity contribution in [2.45, 2.75) is 0 Å². The van der Waals surface area contributed by atoms with Crippen LogP contribution < -0.4 is 0 Å². The molecular formula is H5BMnSiTi. The first kappa shape index (κ1) is 17.8. The number of hydrogen-bond acceptors (Lipinski definition) is 0. The molecule has 0 heterocycles. The summed E-state index contributed by atoms with van der Waals surface area (Å²) in [5.74, 6) is 0. The maximum Gasteiger partial charge on any atom is 0.0852 e. The predicted molar refractivity (Wildman–Crippen MR) is 18.5 cm³/mol. The van der Waals surface area contributed by atoms with Crippen molar-refractivity contribution in [1.29, 1.82) is 0 Å². The Hall–Kier alpha value is 1.52. The SMILES string of the molecule is B[SiH3].[Mn].[Ti]. The van der Waals surface area contributed by atoms with Crippen LogP contribution in [0.3, 0.4) is 0 Å². The molecule has 23 valence electrons. The van der Waals surface area contributed by atoms with Gasteiger partial charge in [-0.25, -0.2) is 0 Å². The van der Waals surface area contributed by atoms with Gasteiger partial charge in [0.05, 0.1) is 7.44 Å². The Kier molecular flexibility index (Phi) is 108. The molecule has 0 spiro atoms. The molecule has 0 atom stereocenters. The van der Waals surface area contributed by atoms with Crippen LogP contribution in [0.5, 0.6) is 0 Å². The first-order valence-corrected chi connectivity index (χ1v) is 3.00. The Morgan fingerprint density at radius 1 is 1.25 bits per heavy atom. The van der Waals surface area contributed by atoms with E-state index in [1.165, 1.54) is 10.1 Å². The van der Waals surface area contributed by atoms with E-state index in [0.717, 1.165) is 0 Å². The van der Waals surface area contributed by atoms with Gasteiger partial charge in [0.25, 0.3) is 0 Å². The van der Waals surface area contributed by atoms with Gasteiger partial charge in [-0.2, -0.15) is 0 Å². The Morgan fingerprint density at radius 2 is 1.25 bits per heavy atom. The van der Waals surface area contributed by atoms with Gasteiger partial charge in [-0.1, -0.05) is 0 Å². The molecule has 0 saturated carbocycles. The molecular weight excluding hydrogens is 142 g/mol. The fourth-order valence-corrected chi connectivity index (χ4v) is 0. The first-order valence-electron chi connectivity index (χ1n) is 1.00. The van der Waals surface area contributed by atoms with Crippen LogP contribution in [0.4, 0.5) is 0 Å². The minimum atomic E-state index is 0. The standard InChI is InChI=1S/BH5Si.Mn.Ti/c1-2;;/h1H2,2H3;;. The van der Waals surface area contributed by atoms with Gasteiger partial charge in [0, 0.05) is 38.8 Å². The molecule has 0 aromatic heterocycles. The van der Waals surface area contributed by atoms with Crippen LogP contribution in [0.2, 0.25) is 0 Å². The second-order valence-corrected chi connectivity index (χ2v) is 0. The molecule has 0 bridgehead atoms. The van der Waals surface area contributed by atoms with Crippen molar-refractivity contribution in [2.75, 3.05) is 0 Å². The van der Waals surface area contributed by atoms with Gasteiger partial charge in [-0.3, -0.25) is 0 Å². The number of rotatable bonds is 0. The summed E-state index contributed by atoms with van der Waals surface area (Å²) in [7, 11) is 3.44. The summed E-state index contributed by atoms with van der Waals surface area (Å²) >= 11 is 0. The van der Waals surface area contributed by atoms with Crippen molar-refractivity contribution >= 4 is 17.6 Å². The molecule has 4 heteroatoms. The van der Waals surface area contributed by atoms with E-state index in [1.807, 2.05) is 0 Å². The molecule has 0 aliphatic carbocycles. The molecule has 0 rings (SSSR count). The molecule has 0 aromatic rings. The molecule has 0 aliphatic heterocycles. The van der Waals surface area contributed by atoms with Gasteiger partial charge in [0.15, 0.2) is 0 Å². The minimum Gasteiger partial charge on any atom is -0.0304 e. The summed E-state index contributed by atoms with van der Waals surface area (Å²) in [5, 5.41) is 0. The zero-order chi connectivity index (χ0) is 2.00. The summed E-state index contributed by atoms with van der Waals surface area (Å²) in [6.45, 7) is 0. The van der Waals surface area contributed by atoms with E-state index in [-0.39, 0.29) is 38.8 Å². The smallest absolute Gasteiger partial charge is 0.0304 e. The second-order valence-electron chi connectivity index (χ2n) is 0. The van der Waals surface area contributed by atoms with Crippen LogP contribution in [-0.2, 0) is 38.8 Å². The average molecular weight is 147 g/mol. The quantitative estimate of drug-likeness (QED) is 0.344. The summed E-state index contributed by atoms with van der Waals surface area (Å²) in [4.78, 5) is 0. The van der Waals surface area contributed by atoms with Crippen LogP contribution in [0, 0.1) is 0 Å². The van der Waals surface area contributed by atoms with E-state index in [4.69, 9.17) is 0 Å². The van der Waals surface area contributed by atoms with Gasteiger partial charge in [0.1, 0.15) is 0 Å². The average Bonchev–Trinajstić information content (AvgIpc) is 1.00. The van der Waals surface area contributed by atoms with Crippen LogP contribution in [0.15, 0.2) is 0 Å². The molecule has 0 nitrogen and oxygen atoms in total. The van der Waals surface area contributed by atoms with Gasteiger partial charge in [-0.15, -0.1) is 0 Å². The zero-order valence-corrected chi connectivity index (χ0v) is 7.62. The Morgan fingerprint density at radius 3 is 1.25 bits per heavy atom. The third-order valence-electron chi connectivity index (χ3n) is 0. The fraction of sp³-hybridized carbons (Fsp3) is 0. The molecule has 4 heavy (non-hydrogen) atoms. The molecule has 0 aliphatic rings. The van der Waals surface area contributed by atoms with Crippen LogP contribution in [0.25, 0.3) is 0 Å². The third kappa shape index (κ3) is 9.69. The summed E-state index contributed by atoms with van der Waals surface area (Å²) in [6.07, 6.45) is 0. The fourth-order valence-electron chi connectivity index (χ4n) is 0. The molecule has 0 amide bonds. The van der Waals surface area contributed by atoms with Gasteiger partial charge < -0.3 is 0 Å². The van der Waals surface area contributed by atoms with E-state index in [2.05, 4.69) is 7.44 Å². The first-order chi connectivity index (χ1) is 1.00. The minimum absolute atomic E-state index is 0. The van der Waals surface area contributed by atoms with E-state index in [9.17, 15) is 0 Å². The van der Waals surface area contributed by atoms with Crippen molar-refractivity contribution in [1.82, 2.24) is 0 Å². The topological polar surface area (TPSA) is 0 Å². The van der Waals surface area contributed by atoms with Gasteiger partial charge >= 0.3 is 0 Å². The van der Waals surface area contributed by atoms with E-state index in [0.29, 0.717) is 0 Å². The molecule has 0 aromatic carbocycles. The molecule has 1 radical (unpaired) electrons. The van der Waals surface area contributed by atoms with Crippen molar-refractivity contribution in [3.05, 3.63) is 0 Å². The van der Waals surface area contributed by atoms with Crippen molar-refractivity contribution < 1.29 is 38.8 Å². The Labute approximate surface area is 56.2 Å². The third-order valence-corrected chi connectivity index (χ3v) is 0. The monoisotopic (exact) mass is 147 g/mol. The van der Waals surface area contributed by atoms with E-state index in [1.54, 1.807) is 0 Å². The number of hydrogen-bond donors (Lipinski definition) is 0. The van der Waals surface area contributed by atoms with Gasteiger partial charge in [0.2, 0.25) is 0 Å². The van der Waals surface area contributed by atoms with Crippen LogP contribution in [0.1, 0.15) is 0 Å². The predicted octanol–water partition coefficient (Wildman–Crippen LogP) is -2.11. The second kappa shape index (κ2) is 24.3. The summed E-state index contributed by atoms with van der Waals surface area (Å²) in [6, 6.07) is 0. The van der Waals surface area contributed by atoms with Crippen LogP contribution >= 0.6 is 0 Å². The van der Waals surface area contributed by atoms with E-state index >= 15 is 0 Å². The molecule has 0 saturated heterocycles. The largest absolute Gasteiger partial charge is 0.0852 e. The molecule has 0 fully saturated rings. The molecule has 0 N–H and O–H groups in total.